The molecule has 1 amide bonds. The summed E-state index contributed by atoms with van der Waals surface area (Å²) in [5.41, 5.74) is -0.138. The minimum Gasteiger partial charge on any atom is -0.350 e. The fourth-order valence-electron chi connectivity index (χ4n) is 1.43. The lowest BCUT2D eigenvalue weighted by Gasteiger charge is -2.04. The van der Waals surface area contributed by atoms with Crippen LogP contribution in [0.5, 0.6) is 0 Å². The molecular formula is C13H12ClN3O2S. The fraction of sp³-hybridized carbons (Fsp3) is 0.154. The van der Waals surface area contributed by atoms with Crippen molar-refractivity contribution in [2.75, 3.05) is 12.3 Å². The van der Waals surface area contributed by atoms with E-state index < -0.39 is 0 Å². The van der Waals surface area contributed by atoms with Gasteiger partial charge in [0.1, 0.15) is 5.69 Å². The first kappa shape index (κ1) is 14.6. The van der Waals surface area contributed by atoms with E-state index >= 15 is 0 Å². The zero-order chi connectivity index (χ0) is 14.4. The maximum atomic E-state index is 11.7. The number of benzene rings is 1. The molecular weight excluding hydrogens is 298 g/mol. The van der Waals surface area contributed by atoms with Crippen LogP contribution in [0, 0.1) is 0 Å². The highest BCUT2D eigenvalue weighted by Crippen LogP contribution is 2.19. The van der Waals surface area contributed by atoms with E-state index in [0.29, 0.717) is 11.6 Å². The summed E-state index contributed by atoms with van der Waals surface area (Å²) in [6, 6.07) is 10.2. The smallest absolute Gasteiger partial charge is 0.271 e. The molecule has 0 fully saturated rings. The van der Waals surface area contributed by atoms with E-state index in [-0.39, 0.29) is 17.2 Å². The molecule has 0 bridgehead atoms. The number of carbonyl (C=O) groups is 1. The minimum absolute atomic E-state index is 0.195. The highest BCUT2D eigenvalue weighted by molar-refractivity contribution is 7.99. The van der Waals surface area contributed by atoms with Gasteiger partial charge in [0.25, 0.3) is 11.5 Å². The maximum absolute atomic E-state index is 11.7. The number of halogens is 1. The molecule has 1 aromatic heterocycles. The summed E-state index contributed by atoms with van der Waals surface area (Å²) in [5.74, 6) is 0.425. The molecule has 0 aliphatic carbocycles. The van der Waals surface area contributed by atoms with Crippen molar-refractivity contribution in [3.05, 3.63) is 57.5 Å². The van der Waals surface area contributed by atoms with Crippen molar-refractivity contribution in [3.8, 4) is 0 Å². The molecule has 2 rings (SSSR count). The molecule has 0 spiro atoms. The van der Waals surface area contributed by atoms with Gasteiger partial charge in [-0.2, -0.15) is 5.10 Å². The van der Waals surface area contributed by atoms with Gasteiger partial charge in [-0.25, -0.2) is 5.10 Å². The van der Waals surface area contributed by atoms with Crippen LogP contribution in [0.15, 0.2) is 46.1 Å². The van der Waals surface area contributed by atoms with E-state index in [9.17, 15) is 9.59 Å². The summed E-state index contributed by atoms with van der Waals surface area (Å²) in [7, 11) is 0. The Morgan fingerprint density at radius 3 is 2.65 bits per heavy atom. The van der Waals surface area contributed by atoms with Gasteiger partial charge in [0.15, 0.2) is 0 Å². The number of thioether (sulfide) groups is 1. The Bertz CT molecular complexity index is 622. The summed E-state index contributed by atoms with van der Waals surface area (Å²) in [6.45, 7) is 0.507. The first-order valence-electron chi connectivity index (χ1n) is 5.87. The van der Waals surface area contributed by atoms with Gasteiger partial charge in [-0.05, 0) is 30.3 Å². The van der Waals surface area contributed by atoms with Crippen LogP contribution in [0.3, 0.4) is 0 Å². The largest absolute Gasteiger partial charge is 0.350 e. The molecule has 0 unspecified atom stereocenters. The minimum atomic E-state index is -0.333. The first-order chi connectivity index (χ1) is 9.65. The van der Waals surface area contributed by atoms with Crippen LogP contribution in [0.1, 0.15) is 10.5 Å². The lowest BCUT2D eigenvalue weighted by molar-refractivity contribution is 0.0950. The average Bonchev–Trinajstić information content (AvgIpc) is 2.46. The number of H-pyrrole nitrogens is 1. The number of hydrogen-bond donors (Lipinski definition) is 2. The normalized spacial score (nSPS) is 10.2. The predicted molar refractivity (Wildman–Crippen MR) is 79.4 cm³/mol. The Hall–Kier alpha value is -1.79. The first-order valence-corrected chi connectivity index (χ1v) is 7.24. The summed E-state index contributed by atoms with van der Waals surface area (Å²) in [4.78, 5) is 23.6. The Labute approximate surface area is 124 Å². The third kappa shape index (κ3) is 4.40. The second-order valence-corrected chi connectivity index (χ2v) is 5.47. The van der Waals surface area contributed by atoms with Gasteiger partial charge in [0, 0.05) is 28.3 Å². The molecule has 2 aromatic rings. The molecule has 2 N–H and O–H groups in total. The number of carbonyl (C=O) groups excluding carboxylic acids is 1. The number of aromatic nitrogens is 2. The summed E-state index contributed by atoms with van der Waals surface area (Å²) in [6.07, 6.45) is 0. The van der Waals surface area contributed by atoms with E-state index in [0.717, 1.165) is 10.6 Å². The van der Waals surface area contributed by atoms with E-state index in [4.69, 9.17) is 11.6 Å². The van der Waals surface area contributed by atoms with Crippen molar-refractivity contribution >= 4 is 29.3 Å². The molecule has 1 heterocycles. The molecule has 20 heavy (non-hydrogen) atoms. The van der Waals surface area contributed by atoms with Gasteiger partial charge in [0.2, 0.25) is 0 Å². The predicted octanol–water partition coefficient (Wildman–Crippen LogP) is 1.95. The van der Waals surface area contributed by atoms with Crippen molar-refractivity contribution in [2.24, 2.45) is 0 Å². The van der Waals surface area contributed by atoms with Crippen molar-refractivity contribution < 1.29 is 4.79 Å². The molecule has 0 saturated carbocycles. The third-order valence-corrected chi connectivity index (χ3v) is 3.65. The molecule has 104 valence electrons. The number of nitrogens with one attached hydrogen (secondary N) is 2. The number of nitrogens with zero attached hydrogens (tertiary/aromatic N) is 1. The van der Waals surface area contributed by atoms with Crippen LogP contribution < -0.4 is 10.9 Å². The van der Waals surface area contributed by atoms with Crippen molar-refractivity contribution in [3.63, 3.8) is 0 Å². The highest BCUT2D eigenvalue weighted by atomic mass is 35.5. The standard InChI is InChI=1S/C13H12ClN3O2S/c14-9-1-3-10(4-2-9)20-8-7-15-13(19)11-5-6-12(18)17-16-11/h1-6H,7-8H2,(H,15,19)(H,17,18). The van der Waals surface area contributed by atoms with Gasteiger partial charge in [0.05, 0.1) is 0 Å². The highest BCUT2D eigenvalue weighted by Gasteiger charge is 2.06. The van der Waals surface area contributed by atoms with Gasteiger partial charge in [-0.15, -0.1) is 11.8 Å². The lowest BCUT2D eigenvalue weighted by atomic mass is 10.4. The second-order valence-electron chi connectivity index (χ2n) is 3.86. The molecule has 7 heteroatoms. The summed E-state index contributed by atoms with van der Waals surface area (Å²) in [5, 5.41) is 9.30. The number of amides is 1. The zero-order valence-corrected chi connectivity index (χ0v) is 12.0. The molecule has 0 atom stereocenters. The average molecular weight is 310 g/mol. The van der Waals surface area contributed by atoms with Gasteiger partial charge < -0.3 is 5.32 Å². The van der Waals surface area contributed by atoms with Crippen molar-refractivity contribution in [1.82, 2.24) is 15.5 Å². The lowest BCUT2D eigenvalue weighted by Crippen LogP contribution is -2.27. The monoisotopic (exact) mass is 309 g/mol. The van der Waals surface area contributed by atoms with E-state index in [1.54, 1.807) is 11.8 Å². The van der Waals surface area contributed by atoms with Crippen LogP contribution in [-0.4, -0.2) is 28.4 Å². The number of rotatable bonds is 5. The SMILES string of the molecule is O=C(NCCSc1ccc(Cl)cc1)c1ccc(=O)[nH]n1. The Balaban J connectivity index is 1.75. The molecule has 0 saturated heterocycles. The van der Waals surface area contributed by atoms with E-state index in [1.807, 2.05) is 24.3 Å². The Morgan fingerprint density at radius 2 is 2.00 bits per heavy atom. The summed E-state index contributed by atoms with van der Waals surface area (Å²) < 4.78 is 0. The third-order valence-electron chi connectivity index (χ3n) is 2.38. The maximum Gasteiger partial charge on any atom is 0.271 e. The van der Waals surface area contributed by atoms with Crippen LogP contribution in [-0.2, 0) is 0 Å². The van der Waals surface area contributed by atoms with Gasteiger partial charge >= 0.3 is 0 Å². The zero-order valence-electron chi connectivity index (χ0n) is 10.4. The van der Waals surface area contributed by atoms with E-state index in [2.05, 4.69) is 15.5 Å². The van der Waals surface area contributed by atoms with Crippen LogP contribution in [0.4, 0.5) is 0 Å². The van der Waals surface area contributed by atoms with E-state index in [1.165, 1.54) is 12.1 Å². The van der Waals surface area contributed by atoms with Crippen molar-refractivity contribution in [1.29, 1.82) is 0 Å². The quantitative estimate of drug-likeness (QED) is 0.654. The second kappa shape index (κ2) is 7.12. The van der Waals surface area contributed by atoms with Crippen LogP contribution in [0.25, 0.3) is 0 Å². The molecule has 0 aliphatic rings. The summed E-state index contributed by atoms with van der Waals surface area (Å²) >= 11 is 7.41. The molecule has 1 aromatic carbocycles. The van der Waals surface area contributed by atoms with Gasteiger partial charge in [-0.1, -0.05) is 11.6 Å². The van der Waals surface area contributed by atoms with Crippen molar-refractivity contribution in [2.45, 2.75) is 4.90 Å². The van der Waals surface area contributed by atoms with Crippen LogP contribution in [0.2, 0.25) is 5.02 Å². The molecule has 0 radical (unpaired) electrons. The topological polar surface area (TPSA) is 74.8 Å². The number of hydrogen-bond acceptors (Lipinski definition) is 4. The Morgan fingerprint density at radius 1 is 1.25 bits per heavy atom. The molecule has 5 nitrogen and oxygen atoms in total. The molecule has 0 aliphatic heterocycles. The van der Waals surface area contributed by atoms with Gasteiger partial charge in [-0.3, -0.25) is 9.59 Å². The number of aromatic amines is 1. The van der Waals surface area contributed by atoms with Crippen LogP contribution >= 0.6 is 23.4 Å². The Kier molecular flexibility index (Phi) is 5.20. The fourth-order valence-corrected chi connectivity index (χ4v) is 2.32.